The zero-order chi connectivity index (χ0) is 15.7. The van der Waals surface area contributed by atoms with Gasteiger partial charge in [-0.25, -0.2) is 4.39 Å². The molecule has 1 aliphatic rings. The molecule has 1 aromatic rings. The Morgan fingerprint density at radius 1 is 1.24 bits per heavy atom. The Morgan fingerprint density at radius 2 is 1.95 bits per heavy atom. The molecule has 0 radical (unpaired) electrons. The summed E-state index contributed by atoms with van der Waals surface area (Å²) in [5.74, 6) is -0.137. The second-order valence-electron chi connectivity index (χ2n) is 7.05. The van der Waals surface area contributed by atoms with Gasteiger partial charge in [0.25, 0.3) is 0 Å². The van der Waals surface area contributed by atoms with Crippen LogP contribution in [0.4, 0.5) is 4.39 Å². The van der Waals surface area contributed by atoms with Crippen molar-refractivity contribution >= 4 is 0 Å². The minimum absolute atomic E-state index is 0.132. The van der Waals surface area contributed by atoms with Gasteiger partial charge in [0.2, 0.25) is 0 Å². The molecule has 1 saturated heterocycles. The molecule has 1 heterocycles. The van der Waals surface area contributed by atoms with E-state index in [1.54, 1.807) is 12.1 Å². The molecule has 0 aliphatic carbocycles. The highest BCUT2D eigenvalue weighted by molar-refractivity contribution is 5.27. The first kappa shape index (κ1) is 16.4. The first-order valence-electron chi connectivity index (χ1n) is 8.07. The number of nitrogens with zero attached hydrogens (tertiary/aromatic N) is 1. The van der Waals surface area contributed by atoms with Crippen molar-refractivity contribution in [1.82, 2.24) is 10.2 Å². The van der Waals surface area contributed by atoms with Crippen LogP contribution in [0.5, 0.6) is 0 Å². The Bertz CT molecular complexity index is 502. The summed E-state index contributed by atoms with van der Waals surface area (Å²) in [5, 5.41) is 3.71. The SMILES string of the molecule is CCC1(C)CN(Cc2cc(F)ccc2C)C(C)(CC)CN1. The lowest BCUT2D eigenvalue weighted by atomic mass is 9.85. The molecule has 0 bridgehead atoms. The summed E-state index contributed by atoms with van der Waals surface area (Å²) in [5.41, 5.74) is 2.56. The monoisotopic (exact) mass is 292 g/mol. The first-order chi connectivity index (χ1) is 9.82. The van der Waals surface area contributed by atoms with E-state index in [0.717, 1.165) is 38.0 Å². The number of hydrogen-bond acceptors (Lipinski definition) is 2. The molecule has 1 aliphatic heterocycles. The molecule has 2 atom stereocenters. The van der Waals surface area contributed by atoms with Gasteiger partial charge >= 0.3 is 0 Å². The third kappa shape index (κ3) is 3.46. The van der Waals surface area contributed by atoms with E-state index in [1.165, 1.54) is 5.56 Å². The summed E-state index contributed by atoms with van der Waals surface area (Å²) in [6, 6.07) is 5.12. The minimum Gasteiger partial charge on any atom is -0.308 e. The highest BCUT2D eigenvalue weighted by Crippen LogP contribution is 2.30. The smallest absolute Gasteiger partial charge is 0.123 e. The van der Waals surface area contributed by atoms with Crippen molar-refractivity contribution in [2.24, 2.45) is 0 Å². The van der Waals surface area contributed by atoms with E-state index in [-0.39, 0.29) is 16.9 Å². The third-order valence-electron chi connectivity index (χ3n) is 5.41. The largest absolute Gasteiger partial charge is 0.308 e. The number of aryl methyl sites for hydroxylation is 1. The molecule has 21 heavy (non-hydrogen) atoms. The van der Waals surface area contributed by atoms with E-state index in [0.29, 0.717) is 0 Å². The fourth-order valence-corrected chi connectivity index (χ4v) is 3.03. The van der Waals surface area contributed by atoms with Gasteiger partial charge in [0.05, 0.1) is 0 Å². The van der Waals surface area contributed by atoms with Crippen LogP contribution in [0.25, 0.3) is 0 Å². The van der Waals surface area contributed by atoms with E-state index in [1.807, 2.05) is 6.07 Å². The van der Waals surface area contributed by atoms with Crippen LogP contribution in [0.1, 0.15) is 51.7 Å². The number of hydrogen-bond donors (Lipinski definition) is 1. The number of benzene rings is 1. The van der Waals surface area contributed by atoms with Gasteiger partial charge in [-0.2, -0.15) is 0 Å². The van der Waals surface area contributed by atoms with Gasteiger partial charge in [0.15, 0.2) is 0 Å². The van der Waals surface area contributed by atoms with Crippen LogP contribution < -0.4 is 5.32 Å². The van der Waals surface area contributed by atoms with Crippen LogP contribution >= 0.6 is 0 Å². The molecule has 2 nitrogen and oxygen atoms in total. The van der Waals surface area contributed by atoms with Crippen molar-refractivity contribution in [3.8, 4) is 0 Å². The Morgan fingerprint density at radius 3 is 2.57 bits per heavy atom. The molecule has 2 unspecified atom stereocenters. The summed E-state index contributed by atoms with van der Waals surface area (Å²) < 4.78 is 13.6. The van der Waals surface area contributed by atoms with Crippen molar-refractivity contribution < 1.29 is 4.39 Å². The summed E-state index contributed by atoms with van der Waals surface area (Å²) in [6.07, 6.45) is 2.19. The molecule has 0 saturated carbocycles. The second kappa shape index (κ2) is 6.05. The Kier molecular flexibility index (Phi) is 4.74. The zero-order valence-electron chi connectivity index (χ0n) is 14.1. The molecular formula is C18H29FN2. The van der Waals surface area contributed by atoms with Gasteiger partial charge in [0.1, 0.15) is 5.82 Å². The lowest BCUT2D eigenvalue weighted by Crippen LogP contribution is -2.67. The molecule has 0 aromatic heterocycles. The predicted molar refractivity (Wildman–Crippen MR) is 86.9 cm³/mol. The molecule has 1 N–H and O–H groups in total. The van der Waals surface area contributed by atoms with Gasteiger partial charge in [-0.3, -0.25) is 4.90 Å². The fraction of sp³-hybridized carbons (Fsp3) is 0.667. The second-order valence-corrected chi connectivity index (χ2v) is 7.05. The van der Waals surface area contributed by atoms with Gasteiger partial charge in [-0.05, 0) is 56.9 Å². The average Bonchev–Trinajstić information content (AvgIpc) is 2.47. The number of nitrogens with one attached hydrogen (secondary N) is 1. The number of rotatable bonds is 4. The van der Waals surface area contributed by atoms with Crippen LogP contribution in [0.2, 0.25) is 0 Å². The van der Waals surface area contributed by atoms with E-state index in [4.69, 9.17) is 0 Å². The average molecular weight is 292 g/mol. The summed E-state index contributed by atoms with van der Waals surface area (Å²) >= 11 is 0. The number of halogens is 1. The summed E-state index contributed by atoms with van der Waals surface area (Å²) in [7, 11) is 0. The topological polar surface area (TPSA) is 15.3 Å². The van der Waals surface area contributed by atoms with Crippen LogP contribution in [-0.4, -0.2) is 29.1 Å². The van der Waals surface area contributed by atoms with Crippen molar-refractivity contribution in [2.45, 2.75) is 65.1 Å². The maximum Gasteiger partial charge on any atom is 0.123 e. The van der Waals surface area contributed by atoms with E-state index in [9.17, 15) is 4.39 Å². The zero-order valence-corrected chi connectivity index (χ0v) is 14.1. The Hall–Kier alpha value is -0.930. The standard InChI is InChI=1S/C18H29FN2/c1-6-17(4)13-21(18(5,7-2)12-20-17)11-15-10-16(19)9-8-14(15)3/h8-10,20H,6-7,11-13H2,1-5H3. The Labute approximate surface area is 128 Å². The highest BCUT2D eigenvalue weighted by atomic mass is 19.1. The van der Waals surface area contributed by atoms with E-state index < -0.39 is 0 Å². The van der Waals surface area contributed by atoms with Crippen molar-refractivity contribution in [1.29, 1.82) is 0 Å². The van der Waals surface area contributed by atoms with Gasteiger partial charge in [-0.1, -0.05) is 19.9 Å². The lowest BCUT2D eigenvalue weighted by molar-refractivity contribution is 0.0103. The quantitative estimate of drug-likeness (QED) is 0.906. The molecule has 118 valence electrons. The van der Waals surface area contributed by atoms with Crippen LogP contribution in [0, 0.1) is 12.7 Å². The summed E-state index contributed by atoms with van der Waals surface area (Å²) in [6.45, 7) is 13.9. The van der Waals surface area contributed by atoms with Gasteiger partial charge in [0, 0.05) is 30.7 Å². The van der Waals surface area contributed by atoms with Crippen molar-refractivity contribution in [3.63, 3.8) is 0 Å². The maximum atomic E-state index is 13.6. The molecule has 1 fully saturated rings. The molecular weight excluding hydrogens is 263 g/mol. The van der Waals surface area contributed by atoms with Crippen LogP contribution in [-0.2, 0) is 6.54 Å². The normalized spacial score (nSPS) is 30.6. The fourth-order valence-electron chi connectivity index (χ4n) is 3.03. The molecule has 1 aromatic carbocycles. The van der Waals surface area contributed by atoms with Crippen LogP contribution in [0.3, 0.4) is 0 Å². The molecule has 0 spiro atoms. The number of piperazine rings is 1. The lowest BCUT2D eigenvalue weighted by Gasteiger charge is -2.52. The van der Waals surface area contributed by atoms with Crippen molar-refractivity contribution in [3.05, 3.63) is 35.1 Å². The predicted octanol–water partition coefficient (Wildman–Crippen LogP) is 3.88. The van der Waals surface area contributed by atoms with E-state index in [2.05, 4.69) is 44.8 Å². The molecule has 2 rings (SSSR count). The first-order valence-corrected chi connectivity index (χ1v) is 8.07. The minimum atomic E-state index is -0.137. The van der Waals surface area contributed by atoms with Gasteiger partial charge in [-0.15, -0.1) is 0 Å². The van der Waals surface area contributed by atoms with Crippen molar-refractivity contribution in [2.75, 3.05) is 13.1 Å². The van der Waals surface area contributed by atoms with E-state index >= 15 is 0 Å². The Balaban J connectivity index is 2.26. The summed E-state index contributed by atoms with van der Waals surface area (Å²) in [4.78, 5) is 2.54. The molecule has 3 heteroatoms. The molecule has 0 amide bonds. The maximum absolute atomic E-state index is 13.6. The van der Waals surface area contributed by atoms with Gasteiger partial charge < -0.3 is 5.32 Å². The highest BCUT2D eigenvalue weighted by Gasteiger charge is 2.40. The van der Waals surface area contributed by atoms with Crippen LogP contribution in [0.15, 0.2) is 18.2 Å². The third-order valence-corrected chi connectivity index (χ3v) is 5.41.